The molecule has 3 aromatic rings. The highest BCUT2D eigenvalue weighted by Crippen LogP contribution is 2.15. The fraction of sp³-hybridized carbons (Fsp3) is 0.263. The lowest BCUT2D eigenvalue weighted by molar-refractivity contribution is -0.125. The normalized spacial score (nSPS) is 13.4. The van der Waals surface area contributed by atoms with Crippen LogP contribution >= 0.6 is 0 Å². The van der Waals surface area contributed by atoms with Crippen molar-refractivity contribution in [2.75, 3.05) is 0 Å². The summed E-state index contributed by atoms with van der Waals surface area (Å²) >= 11 is 0. The monoisotopic (exact) mass is 336 g/mol. The number of nitrogens with one attached hydrogen (secondary N) is 1. The van der Waals surface area contributed by atoms with Crippen molar-refractivity contribution in [3.05, 3.63) is 70.5 Å². The third-order valence-electron chi connectivity index (χ3n) is 4.23. The maximum Gasteiger partial charge on any atom is 0.278 e. The Morgan fingerprint density at radius 2 is 1.80 bits per heavy atom. The molecule has 0 fully saturated rings. The van der Waals surface area contributed by atoms with Crippen molar-refractivity contribution in [2.45, 2.75) is 32.4 Å². The van der Waals surface area contributed by atoms with Crippen LogP contribution in [0, 0.1) is 0 Å². The van der Waals surface area contributed by atoms with E-state index in [2.05, 4.69) is 15.6 Å². The maximum atomic E-state index is 12.7. The van der Waals surface area contributed by atoms with E-state index in [-0.39, 0.29) is 17.5 Å². The van der Waals surface area contributed by atoms with Crippen molar-refractivity contribution in [3.8, 4) is 0 Å². The van der Waals surface area contributed by atoms with Gasteiger partial charge in [-0.3, -0.25) is 9.59 Å². The summed E-state index contributed by atoms with van der Waals surface area (Å²) in [4.78, 5) is 25.4. The van der Waals surface area contributed by atoms with Crippen LogP contribution in [0.5, 0.6) is 0 Å². The summed E-state index contributed by atoms with van der Waals surface area (Å²) in [6.07, 6.45) is 0.445. The van der Waals surface area contributed by atoms with Crippen LogP contribution in [0.3, 0.4) is 0 Å². The lowest BCUT2D eigenvalue weighted by Gasteiger charge is -2.20. The molecular weight excluding hydrogens is 316 g/mol. The number of hydrogen-bond acceptors (Lipinski definition) is 4. The number of amides is 1. The number of nitrogens with zero attached hydrogens (tertiary/aromatic N) is 3. The molecule has 0 unspecified atom stereocenters. The number of hydrogen-bond donors (Lipinski definition) is 1. The van der Waals surface area contributed by atoms with E-state index in [0.29, 0.717) is 17.3 Å². The Hall–Kier alpha value is -3.02. The van der Waals surface area contributed by atoms with Crippen molar-refractivity contribution >= 4 is 16.8 Å². The number of benzene rings is 2. The van der Waals surface area contributed by atoms with Crippen LogP contribution in [0.2, 0.25) is 0 Å². The Morgan fingerprint density at radius 1 is 1.12 bits per heavy atom. The number of rotatable bonds is 5. The zero-order valence-corrected chi connectivity index (χ0v) is 14.2. The van der Waals surface area contributed by atoms with Gasteiger partial charge in [-0.2, -0.15) is 4.68 Å². The summed E-state index contributed by atoms with van der Waals surface area (Å²) < 4.78 is 1.18. The topological polar surface area (TPSA) is 76.9 Å². The largest absolute Gasteiger partial charge is 0.348 e. The van der Waals surface area contributed by atoms with E-state index >= 15 is 0 Å². The van der Waals surface area contributed by atoms with E-state index in [0.717, 1.165) is 5.56 Å². The van der Waals surface area contributed by atoms with Gasteiger partial charge in [0.15, 0.2) is 0 Å². The Morgan fingerprint density at radius 3 is 2.52 bits per heavy atom. The summed E-state index contributed by atoms with van der Waals surface area (Å²) in [5.41, 5.74) is 1.22. The molecule has 1 heterocycles. The van der Waals surface area contributed by atoms with E-state index in [1.807, 2.05) is 44.2 Å². The van der Waals surface area contributed by atoms with Crippen LogP contribution in [-0.2, 0) is 4.79 Å². The molecule has 0 radical (unpaired) electrons. The summed E-state index contributed by atoms with van der Waals surface area (Å²) in [7, 11) is 0. The average molecular weight is 336 g/mol. The lowest BCUT2D eigenvalue weighted by atomic mass is 10.1. The molecule has 1 amide bonds. The maximum absolute atomic E-state index is 12.7. The third kappa shape index (κ3) is 3.42. The van der Waals surface area contributed by atoms with Crippen LogP contribution < -0.4 is 10.9 Å². The Balaban J connectivity index is 1.88. The molecule has 3 rings (SSSR count). The first-order chi connectivity index (χ1) is 12.1. The SMILES string of the molecule is CC[C@@H](C(=O)N[C@@H](C)c1ccccc1)n1nnc2ccccc2c1=O. The Bertz CT molecular complexity index is 937. The highest BCUT2D eigenvalue weighted by molar-refractivity contribution is 5.81. The van der Waals surface area contributed by atoms with Gasteiger partial charge < -0.3 is 5.32 Å². The van der Waals surface area contributed by atoms with Gasteiger partial charge in [-0.05, 0) is 31.0 Å². The molecule has 25 heavy (non-hydrogen) atoms. The van der Waals surface area contributed by atoms with Gasteiger partial charge >= 0.3 is 0 Å². The van der Waals surface area contributed by atoms with Gasteiger partial charge in [0.05, 0.1) is 11.4 Å². The molecule has 1 aromatic heterocycles. The molecule has 0 saturated carbocycles. The first-order valence-corrected chi connectivity index (χ1v) is 8.31. The van der Waals surface area contributed by atoms with Crippen LogP contribution in [0.1, 0.15) is 37.9 Å². The van der Waals surface area contributed by atoms with E-state index in [4.69, 9.17) is 0 Å². The van der Waals surface area contributed by atoms with Crippen molar-refractivity contribution in [2.24, 2.45) is 0 Å². The molecule has 0 aliphatic rings. The predicted molar refractivity (Wildman–Crippen MR) is 96.1 cm³/mol. The van der Waals surface area contributed by atoms with Gasteiger partial charge in [-0.1, -0.05) is 54.6 Å². The second-order valence-electron chi connectivity index (χ2n) is 5.92. The second-order valence-corrected chi connectivity index (χ2v) is 5.92. The molecule has 6 nitrogen and oxygen atoms in total. The van der Waals surface area contributed by atoms with Crippen molar-refractivity contribution < 1.29 is 4.79 Å². The molecular formula is C19H20N4O2. The van der Waals surface area contributed by atoms with Crippen molar-refractivity contribution in [3.63, 3.8) is 0 Å². The lowest BCUT2D eigenvalue weighted by Crippen LogP contribution is -2.39. The molecule has 2 atom stereocenters. The van der Waals surface area contributed by atoms with Crippen LogP contribution in [0.15, 0.2) is 59.4 Å². The number of aromatic nitrogens is 3. The minimum Gasteiger partial charge on any atom is -0.348 e. The molecule has 128 valence electrons. The molecule has 0 bridgehead atoms. The standard InChI is InChI=1S/C19H20N4O2/c1-3-17(18(24)20-13(2)14-9-5-4-6-10-14)23-19(25)15-11-7-8-12-16(15)21-22-23/h4-13,17H,3H2,1-2H3,(H,20,24)/t13-,17-/m0/s1. The van der Waals surface area contributed by atoms with Gasteiger partial charge in [-0.25, -0.2) is 0 Å². The first kappa shape index (κ1) is 16.8. The number of carbonyl (C=O) groups is 1. The minimum absolute atomic E-state index is 0.160. The molecule has 0 aliphatic heterocycles. The summed E-state index contributed by atoms with van der Waals surface area (Å²) in [6.45, 7) is 3.76. The van der Waals surface area contributed by atoms with Gasteiger partial charge in [-0.15, -0.1) is 5.10 Å². The highest BCUT2D eigenvalue weighted by atomic mass is 16.2. The quantitative estimate of drug-likeness (QED) is 0.777. The molecule has 0 saturated heterocycles. The predicted octanol–water partition coefficient (Wildman–Crippen LogP) is 2.62. The summed E-state index contributed by atoms with van der Waals surface area (Å²) in [5.74, 6) is -0.245. The second kappa shape index (κ2) is 7.25. The molecule has 0 aliphatic carbocycles. The van der Waals surface area contributed by atoms with Gasteiger partial charge in [0.2, 0.25) is 5.91 Å². The summed E-state index contributed by atoms with van der Waals surface area (Å²) in [5, 5.41) is 11.4. The first-order valence-electron chi connectivity index (χ1n) is 8.31. The van der Waals surface area contributed by atoms with Gasteiger partial charge in [0, 0.05) is 0 Å². The van der Waals surface area contributed by atoms with Gasteiger partial charge in [0.25, 0.3) is 5.56 Å². The smallest absolute Gasteiger partial charge is 0.278 e. The average Bonchev–Trinajstić information content (AvgIpc) is 2.65. The highest BCUT2D eigenvalue weighted by Gasteiger charge is 2.23. The van der Waals surface area contributed by atoms with Crippen LogP contribution in [0.25, 0.3) is 10.9 Å². The van der Waals surface area contributed by atoms with E-state index in [9.17, 15) is 9.59 Å². The third-order valence-corrected chi connectivity index (χ3v) is 4.23. The number of carbonyl (C=O) groups excluding carboxylic acids is 1. The van der Waals surface area contributed by atoms with Gasteiger partial charge in [0.1, 0.15) is 11.6 Å². The number of fused-ring (bicyclic) bond motifs is 1. The minimum atomic E-state index is -0.698. The molecule has 2 aromatic carbocycles. The zero-order valence-electron chi connectivity index (χ0n) is 14.2. The van der Waals surface area contributed by atoms with Crippen LogP contribution in [0.4, 0.5) is 0 Å². The van der Waals surface area contributed by atoms with Crippen molar-refractivity contribution in [1.29, 1.82) is 0 Å². The van der Waals surface area contributed by atoms with E-state index in [1.54, 1.807) is 24.3 Å². The van der Waals surface area contributed by atoms with E-state index < -0.39 is 6.04 Å². The summed E-state index contributed by atoms with van der Waals surface area (Å²) in [6, 6.07) is 15.8. The van der Waals surface area contributed by atoms with E-state index in [1.165, 1.54) is 4.68 Å². The molecule has 1 N–H and O–H groups in total. The Kier molecular flexibility index (Phi) is 4.88. The fourth-order valence-corrected chi connectivity index (χ4v) is 2.81. The fourth-order valence-electron chi connectivity index (χ4n) is 2.81. The molecule has 0 spiro atoms. The zero-order chi connectivity index (χ0) is 17.8. The van der Waals surface area contributed by atoms with Crippen LogP contribution in [-0.4, -0.2) is 20.9 Å². The van der Waals surface area contributed by atoms with Crippen molar-refractivity contribution in [1.82, 2.24) is 20.3 Å². The molecule has 6 heteroatoms. The Labute approximate surface area is 145 Å².